The van der Waals surface area contributed by atoms with Gasteiger partial charge in [-0.25, -0.2) is 4.99 Å². The van der Waals surface area contributed by atoms with Crippen LogP contribution in [0.5, 0.6) is 11.5 Å². The first-order chi connectivity index (χ1) is 14.8. The highest BCUT2D eigenvalue weighted by Gasteiger charge is 2.20. The van der Waals surface area contributed by atoms with Crippen molar-refractivity contribution in [1.29, 1.82) is 0 Å². The Morgan fingerprint density at radius 3 is 2.90 bits per heavy atom. The molecule has 0 spiro atoms. The second-order valence-corrected chi connectivity index (χ2v) is 7.54. The molecule has 2 aliphatic rings. The number of rotatable bonds is 9. The predicted molar refractivity (Wildman–Crippen MR) is 112 cm³/mol. The fourth-order valence-corrected chi connectivity index (χ4v) is 2.98. The van der Waals surface area contributed by atoms with Crippen LogP contribution in [0.3, 0.4) is 0 Å². The van der Waals surface area contributed by atoms with Crippen molar-refractivity contribution in [1.82, 2.24) is 15.5 Å². The molecule has 0 radical (unpaired) electrons. The lowest BCUT2D eigenvalue weighted by molar-refractivity contribution is 0.123. The zero-order valence-electron chi connectivity index (χ0n) is 17.4. The molecule has 1 aliphatic heterocycles. The van der Waals surface area contributed by atoms with Crippen LogP contribution < -0.4 is 20.1 Å². The normalized spacial score (nSPS) is 16.2. The maximum absolute atomic E-state index is 5.78. The van der Waals surface area contributed by atoms with E-state index in [2.05, 4.69) is 25.8 Å². The topological polar surface area (TPSA) is 103 Å². The van der Waals surface area contributed by atoms with E-state index in [1.807, 2.05) is 18.2 Å². The number of anilines is 1. The third-order valence-corrected chi connectivity index (χ3v) is 4.76. The fraction of sp³-hybridized carbons (Fsp3) is 0.571. The summed E-state index contributed by atoms with van der Waals surface area (Å²) in [7, 11) is 0. The SMILES string of the molecule is Cc1noc(CN=C(NCCCOCC2CC2)Nc2ccc3c(c2)OCCCO3)n1. The average Bonchev–Trinajstić information content (AvgIpc) is 3.52. The third-order valence-electron chi connectivity index (χ3n) is 4.76. The van der Waals surface area contributed by atoms with Crippen molar-refractivity contribution in [2.24, 2.45) is 10.9 Å². The van der Waals surface area contributed by atoms with Gasteiger partial charge in [-0.3, -0.25) is 0 Å². The van der Waals surface area contributed by atoms with E-state index in [0.29, 0.717) is 37.4 Å². The number of hydrogen-bond donors (Lipinski definition) is 2. The van der Waals surface area contributed by atoms with Crippen LogP contribution in [0.25, 0.3) is 0 Å². The molecule has 1 aromatic carbocycles. The number of aliphatic imine (C=N–C) groups is 1. The van der Waals surface area contributed by atoms with Gasteiger partial charge in [-0.1, -0.05) is 5.16 Å². The van der Waals surface area contributed by atoms with E-state index < -0.39 is 0 Å². The molecule has 0 amide bonds. The van der Waals surface area contributed by atoms with Crippen LogP contribution in [-0.2, 0) is 11.3 Å². The van der Waals surface area contributed by atoms with Crippen molar-refractivity contribution >= 4 is 11.6 Å². The molecular weight excluding hydrogens is 386 g/mol. The summed E-state index contributed by atoms with van der Waals surface area (Å²) in [5, 5.41) is 10.5. The number of ether oxygens (including phenoxy) is 3. The Morgan fingerprint density at radius 1 is 1.23 bits per heavy atom. The smallest absolute Gasteiger partial charge is 0.248 e. The zero-order valence-corrected chi connectivity index (χ0v) is 17.4. The highest BCUT2D eigenvalue weighted by molar-refractivity contribution is 5.93. The second-order valence-electron chi connectivity index (χ2n) is 7.54. The van der Waals surface area contributed by atoms with Crippen molar-refractivity contribution in [3.8, 4) is 11.5 Å². The van der Waals surface area contributed by atoms with Gasteiger partial charge >= 0.3 is 0 Å². The van der Waals surface area contributed by atoms with E-state index >= 15 is 0 Å². The molecule has 1 saturated carbocycles. The molecule has 4 rings (SSSR count). The minimum atomic E-state index is 0.291. The summed E-state index contributed by atoms with van der Waals surface area (Å²) in [4.78, 5) is 8.78. The van der Waals surface area contributed by atoms with E-state index in [1.165, 1.54) is 12.8 Å². The maximum atomic E-state index is 5.78. The number of nitrogens with zero attached hydrogens (tertiary/aromatic N) is 3. The van der Waals surface area contributed by atoms with Crippen molar-refractivity contribution in [3.63, 3.8) is 0 Å². The number of nitrogens with one attached hydrogen (secondary N) is 2. The summed E-state index contributed by atoms with van der Waals surface area (Å²) >= 11 is 0. The molecule has 1 aromatic heterocycles. The van der Waals surface area contributed by atoms with Crippen LogP contribution in [0.15, 0.2) is 27.7 Å². The molecule has 1 aliphatic carbocycles. The summed E-state index contributed by atoms with van der Waals surface area (Å²) in [6, 6.07) is 5.78. The Balaban J connectivity index is 1.35. The Hall–Kier alpha value is -2.81. The molecule has 2 N–H and O–H groups in total. The van der Waals surface area contributed by atoms with E-state index in [0.717, 1.165) is 55.7 Å². The minimum Gasteiger partial charge on any atom is -0.490 e. The number of fused-ring (bicyclic) bond motifs is 1. The molecule has 9 heteroatoms. The summed E-state index contributed by atoms with van der Waals surface area (Å²) < 4.78 is 22.3. The Kier molecular flexibility index (Phi) is 7.02. The molecular formula is C21H29N5O4. The van der Waals surface area contributed by atoms with E-state index in [4.69, 9.17) is 18.7 Å². The average molecular weight is 415 g/mol. The van der Waals surface area contributed by atoms with Crippen molar-refractivity contribution in [3.05, 3.63) is 29.9 Å². The molecule has 2 aromatic rings. The van der Waals surface area contributed by atoms with Crippen LogP contribution in [0.1, 0.15) is 37.4 Å². The molecule has 0 saturated heterocycles. The monoisotopic (exact) mass is 415 g/mol. The standard InChI is InChI=1S/C21H29N5O4/c1-15-24-20(30-26-15)13-23-21(22-8-2-9-27-14-16-4-5-16)25-17-6-7-18-19(12-17)29-11-3-10-28-18/h6-7,12,16H,2-5,8-11,13-14H2,1H3,(H2,22,23,25). The summed E-state index contributed by atoms with van der Waals surface area (Å²) in [6.07, 6.45) is 4.39. The largest absolute Gasteiger partial charge is 0.490 e. The molecule has 1 fully saturated rings. The number of guanidine groups is 1. The highest BCUT2D eigenvalue weighted by Crippen LogP contribution is 2.32. The molecule has 2 heterocycles. The number of hydrogen-bond acceptors (Lipinski definition) is 7. The van der Waals surface area contributed by atoms with Gasteiger partial charge in [0.25, 0.3) is 0 Å². The lowest BCUT2D eigenvalue weighted by atomic mass is 10.2. The van der Waals surface area contributed by atoms with Crippen molar-refractivity contribution < 1.29 is 18.7 Å². The number of aryl methyl sites for hydroxylation is 1. The van der Waals surface area contributed by atoms with Crippen LogP contribution in [-0.4, -0.2) is 49.1 Å². The van der Waals surface area contributed by atoms with Gasteiger partial charge in [-0.05, 0) is 44.2 Å². The number of aromatic nitrogens is 2. The van der Waals surface area contributed by atoms with Gasteiger partial charge in [0.1, 0.15) is 6.54 Å². The van der Waals surface area contributed by atoms with E-state index in [9.17, 15) is 0 Å². The molecule has 0 atom stereocenters. The molecule has 9 nitrogen and oxygen atoms in total. The molecule has 162 valence electrons. The van der Waals surface area contributed by atoms with Gasteiger partial charge in [0, 0.05) is 37.9 Å². The highest BCUT2D eigenvalue weighted by atomic mass is 16.5. The first-order valence-corrected chi connectivity index (χ1v) is 10.6. The third kappa shape index (κ3) is 6.35. The zero-order chi connectivity index (χ0) is 20.6. The number of benzene rings is 1. The lowest BCUT2D eigenvalue weighted by Crippen LogP contribution is -2.32. The summed E-state index contributed by atoms with van der Waals surface area (Å²) in [6.45, 7) is 5.75. The van der Waals surface area contributed by atoms with Gasteiger partial charge in [-0.2, -0.15) is 4.98 Å². The predicted octanol–water partition coefficient (Wildman–Crippen LogP) is 2.91. The quantitative estimate of drug-likeness (QED) is 0.366. The van der Waals surface area contributed by atoms with Crippen molar-refractivity contribution in [2.75, 3.05) is 38.3 Å². The van der Waals surface area contributed by atoms with Gasteiger partial charge < -0.3 is 29.4 Å². The van der Waals surface area contributed by atoms with E-state index in [1.54, 1.807) is 6.92 Å². The van der Waals surface area contributed by atoms with E-state index in [-0.39, 0.29) is 0 Å². The van der Waals surface area contributed by atoms with Gasteiger partial charge in [0.05, 0.1) is 13.2 Å². The van der Waals surface area contributed by atoms with Gasteiger partial charge in [0.15, 0.2) is 23.3 Å². The van der Waals surface area contributed by atoms with Crippen LogP contribution in [0.4, 0.5) is 5.69 Å². The lowest BCUT2D eigenvalue weighted by Gasteiger charge is -2.14. The van der Waals surface area contributed by atoms with Crippen molar-refractivity contribution in [2.45, 2.75) is 39.2 Å². The van der Waals surface area contributed by atoms with Gasteiger partial charge in [-0.15, -0.1) is 0 Å². The first kappa shape index (κ1) is 20.5. The fourth-order valence-electron chi connectivity index (χ4n) is 2.98. The summed E-state index contributed by atoms with van der Waals surface area (Å²) in [5.41, 5.74) is 0.859. The van der Waals surface area contributed by atoms with Crippen LogP contribution >= 0.6 is 0 Å². The first-order valence-electron chi connectivity index (χ1n) is 10.6. The molecule has 30 heavy (non-hydrogen) atoms. The Bertz CT molecular complexity index is 850. The maximum Gasteiger partial charge on any atom is 0.248 e. The Labute approximate surface area is 176 Å². The summed E-state index contributed by atoms with van der Waals surface area (Å²) in [5.74, 6) is 3.98. The van der Waals surface area contributed by atoms with Gasteiger partial charge in [0.2, 0.25) is 5.89 Å². The minimum absolute atomic E-state index is 0.291. The van der Waals surface area contributed by atoms with Crippen LogP contribution in [0, 0.1) is 12.8 Å². The second kappa shape index (κ2) is 10.3. The molecule has 0 bridgehead atoms. The Morgan fingerprint density at radius 2 is 2.10 bits per heavy atom. The molecule has 0 unspecified atom stereocenters. The van der Waals surface area contributed by atoms with Crippen LogP contribution in [0.2, 0.25) is 0 Å².